The highest BCUT2D eigenvalue weighted by molar-refractivity contribution is 6.30. The lowest BCUT2D eigenvalue weighted by molar-refractivity contribution is 0.0698. The molecule has 0 fully saturated rings. The summed E-state index contributed by atoms with van der Waals surface area (Å²) in [6, 6.07) is 8.88. The summed E-state index contributed by atoms with van der Waals surface area (Å²) < 4.78 is 15.2. The number of fused-ring (bicyclic) bond motifs is 1. The number of imidazole rings is 1. The number of rotatable bonds is 2. The maximum atomic E-state index is 13.6. The molecular formula is C15H10ClFN2O2. The van der Waals surface area contributed by atoms with E-state index in [1.807, 2.05) is 0 Å². The average Bonchev–Trinajstić information content (AvgIpc) is 2.72. The molecule has 1 N–H and O–H groups in total. The summed E-state index contributed by atoms with van der Waals surface area (Å²) in [7, 11) is 0. The first-order valence-corrected chi connectivity index (χ1v) is 6.53. The molecule has 21 heavy (non-hydrogen) atoms. The zero-order valence-electron chi connectivity index (χ0n) is 11.0. The van der Waals surface area contributed by atoms with E-state index in [0.29, 0.717) is 22.5 Å². The summed E-state index contributed by atoms with van der Waals surface area (Å²) in [5.41, 5.74) is 1.50. The van der Waals surface area contributed by atoms with Crippen LogP contribution in [0.5, 0.6) is 0 Å². The van der Waals surface area contributed by atoms with E-state index >= 15 is 0 Å². The van der Waals surface area contributed by atoms with Gasteiger partial charge < -0.3 is 5.11 Å². The molecule has 0 unspecified atom stereocenters. The van der Waals surface area contributed by atoms with Crippen LogP contribution >= 0.6 is 11.6 Å². The van der Waals surface area contributed by atoms with Crippen molar-refractivity contribution < 1.29 is 14.3 Å². The number of aromatic carboxylic acids is 1. The Hall–Kier alpha value is -2.40. The summed E-state index contributed by atoms with van der Waals surface area (Å²) in [6.45, 7) is 1.73. The number of aromatic nitrogens is 2. The minimum atomic E-state index is -1.07. The summed E-state index contributed by atoms with van der Waals surface area (Å²) in [4.78, 5) is 15.7. The Labute approximate surface area is 124 Å². The fraction of sp³-hybridized carbons (Fsp3) is 0.0667. The molecule has 0 saturated heterocycles. The Bertz CT molecular complexity index is 853. The predicted octanol–water partition coefficient (Wildman–Crippen LogP) is 3.82. The molecule has 1 heterocycles. The predicted molar refractivity (Wildman–Crippen MR) is 77.7 cm³/mol. The molecular weight excluding hydrogens is 295 g/mol. The number of para-hydroxylation sites is 1. The van der Waals surface area contributed by atoms with Gasteiger partial charge in [-0.1, -0.05) is 17.7 Å². The minimum absolute atomic E-state index is 0.105. The highest BCUT2D eigenvalue weighted by Gasteiger charge is 2.17. The largest absolute Gasteiger partial charge is 0.478 e. The Kier molecular flexibility index (Phi) is 3.14. The van der Waals surface area contributed by atoms with Crippen molar-refractivity contribution in [1.29, 1.82) is 0 Å². The minimum Gasteiger partial charge on any atom is -0.478 e. The second-order valence-electron chi connectivity index (χ2n) is 4.60. The third-order valence-electron chi connectivity index (χ3n) is 3.18. The molecule has 3 rings (SSSR count). The van der Waals surface area contributed by atoms with Crippen molar-refractivity contribution in [3.63, 3.8) is 0 Å². The summed E-state index contributed by atoms with van der Waals surface area (Å²) in [5, 5.41) is 9.57. The van der Waals surface area contributed by atoms with Crippen molar-refractivity contribution >= 4 is 28.6 Å². The van der Waals surface area contributed by atoms with Crippen molar-refractivity contribution in [2.45, 2.75) is 6.92 Å². The van der Waals surface area contributed by atoms with Crippen LogP contribution in [0.3, 0.4) is 0 Å². The summed E-state index contributed by atoms with van der Waals surface area (Å²) in [6.07, 6.45) is 0. The molecule has 0 radical (unpaired) electrons. The summed E-state index contributed by atoms with van der Waals surface area (Å²) >= 11 is 5.88. The van der Waals surface area contributed by atoms with Gasteiger partial charge in [-0.25, -0.2) is 14.2 Å². The number of halogens is 2. The van der Waals surface area contributed by atoms with E-state index in [9.17, 15) is 14.3 Å². The number of hydrogen-bond donors (Lipinski definition) is 1. The Morgan fingerprint density at radius 1 is 1.33 bits per heavy atom. The molecule has 0 atom stereocenters. The fourth-order valence-electron chi connectivity index (χ4n) is 2.40. The third kappa shape index (κ3) is 2.25. The van der Waals surface area contributed by atoms with E-state index in [2.05, 4.69) is 4.98 Å². The Morgan fingerprint density at radius 3 is 2.76 bits per heavy atom. The lowest BCUT2D eigenvalue weighted by Gasteiger charge is -2.09. The van der Waals surface area contributed by atoms with Gasteiger partial charge in [-0.05, 0) is 37.3 Å². The van der Waals surface area contributed by atoms with Gasteiger partial charge in [0.15, 0.2) is 0 Å². The number of benzene rings is 2. The standard InChI is InChI=1S/C15H10ClFN2O2/c1-8-18-13-4-2-3-12(15(20)21)14(13)19(8)11-6-9(16)5-10(17)7-11/h2-7H,1H3,(H,20,21). The normalized spacial score (nSPS) is 11.0. The quantitative estimate of drug-likeness (QED) is 0.783. The van der Waals surface area contributed by atoms with E-state index in [4.69, 9.17) is 11.6 Å². The zero-order valence-corrected chi connectivity index (χ0v) is 11.7. The highest BCUT2D eigenvalue weighted by Crippen LogP contribution is 2.26. The first kappa shape index (κ1) is 13.6. The van der Waals surface area contributed by atoms with Gasteiger partial charge in [-0.2, -0.15) is 0 Å². The topological polar surface area (TPSA) is 55.1 Å². The van der Waals surface area contributed by atoms with E-state index in [0.717, 1.165) is 0 Å². The number of carbonyl (C=O) groups is 1. The Morgan fingerprint density at radius 2 is 2.10 bits per heavy atom. The molecule has 0 saturated carbocycles. The van der Waals surface area contributed by atoms with Gasteiger partial charge >= 0.3 is 5.97 Å². The molecule has 0 bridgehead atoms. The monoisotopic (exact) mass is 304 g/mol. The highest BCUT2D eigenvalue weighted by atomic mass is 35.5. The van der Waals surface area contributed by atoms with Gasteiger partial charge in [-0.3, -0.25) is 4.57 Å². The molecule has 1 aromatic heterocycles. The maximum Gasteiger partial charge on any atom is 0.337 e. The average molecular weight is 305 g/mol. The lowest BCUT2D eigenvalue weighted by Crippen LogP contribution is -2.03. The van der Waals surface area contributed by atoms with Crippen LogP contribution in [0.1, 0.15) is 16.2 Å². The van der Waals surface area contributed by atoms with Crippen molar-refractivity contribution in [3.8, 4) is 5.69 Å². The van der Waals surface area contributed by atoms with Crippen LogP contribution in [-0.4, -0.2) is 20.6 Å². The van der Waals surface area contributed by atoms with E-state index < -0.39 is 11.8 Å². The van der Waals surface area contributed by atoms with Crippen molar-refractivity contribution in [2.24, 2.45) is 0 Å². The van der Waals surface area contributed by atoms with Crippen molar-refractivity contribution in [1.82, 2.24) is 9.55 Å². The van der Waals surface area contributed by atoms with E-state index in [1.165, 1.54) is 18.2 Å². The fourth-order valence-corrected chi connectivity index (χ4v) is 2.62. The Balaban J connectivity index is 2.41. The first-order chi connectivity index (χ1) is 9.97. The number of hydrogen-bond acceptors (Lipinski definition) is 2. The van der Waals surface area contributed by atoms with E-state index in [-0.39, 0.29) is 10.6 Å². The number of nitrogens with zero attached hydrogens (tertiary/aromatic N) is 2. The van der Waals surface area contributed by atoms with Crippen LogP contribution in [0.2, 0.25) is 5.02 Å². The van der Waals surface area contributed by atoms with Crippen molar-refractivity contribution in [3.05, 3.63) is 58.6 Å². The van der Waals surface area contributed by atoms with E-state index in [1.54, 1.807) is 29.7 Å². The maximum absolute atomic E-state index is 13.6. The summed E-state index contributed by atoms with van der Waals surface area (Å²) in [5.74, 6) is -1.00. The van der Waals surface area contributed by atoms with Gasteiger partial charge in [0.1, 0.15) is 11.6 Å². The van der Waals surface area contributed by atoms with Gasteiger partial charge in [0.05, 0.1) is 22.3 Å². The molecule has 0 spiro atoms. The molecule has 3 aromatic rings. The zero-order chi connectivity index (χ0) is 15.1. The molecule has 0 amide bonds. The number of carboxylic acid groups (broad SMARTS) is 1. The molecule has 6 heteroatoms. The molecule has 4 nitrogen and oxygen atoms in total. The smallest absolute Gasteiger partial charge is 0.337 e. The third-order valence-corrected chi connectivity index (χ3v) is 3.40. The van der Waals surface area contributed by atoms with Crippen LogP contribution < -0.4 is 0 Å². The van der Waals surface area contributed by atoms with Crippen LogP contribution in [0.15, 0.2) is 36.4 Å². The molecule has 0 aliphatic carbocycles. The van der Waals surface area contributed by atoms with Crippen LogP contribution in [0, 0.1) is 12.7 Å². The SMILES string of the molecule is Cc1nc2cccc(C(=O)O)c2n1-c1cc(F)cc(Cl)c1. The molecule has 2 aromatic carbocycles. The molecule has 106 valence electrons. The number of aryl methyl sites for hydroxylation is 1. The van der Waals surface area contributed by atoms with Crippen LogP contribution in [0.4, 0.5) is 4.39 Å². The van der Waals surface area contributed by atoms with Gasteiger partial charge in [-0.15, -0.1) is 0 Å². The second kappa shape index (κ2) is 4.86. The lowest BCUT2D eigenvalue weighted by atomic mass is 10.1. The first-order valence-electron chi connectivity index (χ1n) is 6.15. The number of carboxylic acids is 1. The molecule has 0 aliphatic rings. The van der Waals surface area contributed by atoms with Gasteiger partial charge in [0, 0.05) is 5.02 Å². The van der Waals surface area contributed by atoms with Crippen molar-refractivity contribution in [2.75, 3.05) is 0 Å². The van der Waals surface area contributed by atoms with Crippen LogP contribution in [-0.2, 0) is 0 Å². The van der Waals surface area contributed by atoms with Gasteiger partial charge in [0.2, 0.25) is 0 Å². The molecule has 0 aliphatic heterocycles. The van der Waals surface area contributed by atoms with Gasteiger partial charge in [0.25, 0.3) is 0 Å². The van der Waals surface area contributed by atoms with Crippen LogP contribution in [0.25, 0.3) is 16.7 Å². The second-order valence-corrected chi connectivity index (χ2v) is 5.04.